The van der Waals surface area contributed by atoms with Crippen molar-refractivity contribution < 1.29 is 27.6 Å². The number of carbonyl (C=O) groups is 1. The van der Waals surface area contributed by atoms with Gasteiger partial charge in [0.25, 0.3) is 11.6 Å². The molecule has 0 aliphatic heterocycles. The summed E-state index contributed by atoms with van der Waals surface area (Å²) < 4.78 is 40.5. The minimum atomic E-state index is -4.48. The molecule has 0 aliphatic rings. The lowest BCUT2D eigenvalue weighted by Crippen LogP contribution is -2.23. The average Bonchev–Trinajstić information content (AvgIpc) is 2.58. The Kier molecular flexibility index (Phi) is 5.52. The van der Waals surface area contributed by atoms with E-state index >= 15 is 0 Å². The molecule has 0 saturated carbocycles. The molecule has 0 spiro atoms. The van der Waals surface area contributed by atoms with Gasteiger partial charge in [-0.15, -0.1) is 0 Å². The lowest BCUT2D eigenvalue weighted by molar-refractivity contribution is -0.384. The molecular formula is C15H12F3N3O4. The first-order chi connectivity index (χ1) is 11.7. The molecule has 1 aromatic carbocycles. The summed E-state index contributed by atoms with van der Waals surface area (Å²) in [5.41, 5.74) is 0.546. The molecule has 2 rings (SSSR count). The largest absolute Gasteiger partial charge is 0.468 e. The second-order valence-electron chi connectivity index (χ2n) is 4.90. The molecule has 0 atom stereocenters. The third-order valence-corrected chi connectivity index (χ3v) is 2.96. The fraction of sp³-hybridized carbons (Fsp3) is 0.200. The van der Waals surface area contributed by atoms with Crippen LogP contribution in [0.1, 0.15) is 15.9 Å². The molecule has 0 fully saturated rings. The lowest BCUT2D eigenvalue weighted by atomic mass is 10.2. The highest BCUT2D eigenvalue weighted by molar-refractivity contribution is 5.93. The number of nitrogens with one attached hydrogen (secondary N) is 1. The molecule has 25 heavy (non-hydrogen) atoms. The maximum atomic E-state index is 12.0. The average molecular weight is 355 g/mol. The van der Waals surface area contributed by atoms with E-state index in [1.54, 1.807) is 6.07 Å². The summed E-state index contributed by atoms with van der Waals surface area (Å²) in [5.74, 6) is -0.783. The molecule has 1 amide bonds. The first kappa shape index (κ1) is 18.2. The van der Waals surface area contributed by atoms with Gasteiger partial charge < -0.3 is 10.1 Å². The van der Waals surface area contributed by atoms with Crippen molar-refractivity contribution in [3.05, 3.63) is 63.8 Å². The third kappa shape index (κ3) is 5.75. The molecule has 2 aromatic rings. The molecule has 1 heterocycles. The summed E-state index contributed by atoms with van der Waals surface area (Å²) >= 11 is 0. The van der Waals surface area contributed by atoms with Gasteiger partial charge >= 0.3 is 6.18 Å². The number of amides is 1. The van der Waals surface area contributed by atoms with Crippen LogP contribution in [0.15, 0.2) is 42.6 Å². The Morgan fingerprint density at radius 1 is 1.28 bits per heavy atom. The molecule has 0 unspecified atom stereocenters. The number of aromatic nitrogens is 1. The van der Waals surface area contributed by atoms with Crippen molar-refractivity contribution >= 4 is 11.6 Å². The zero-order valence-electron chi connectivity index (χ0n) is 12.6. The molecule has 132 valence electrons. The fourth-order valence-corrected chi connectivity index (χ4v) is 1.82. The highest BCUT2D eigenvalue weighted by Gasteiger charge is 2.28. The normalized spacial score (nSPS) is 11.0. The Morgan fingerprint density at radius 2 is 2.04 bits per heavy atom. The zero-order valence-corrected chi connectivity index (χ0v) is 12.6. The zero-order chi connectivity index (χ0) is 18.4. The maximum Gasteiger partial charge on any atom is 0.422 e. The fourth-order valence-electron chi connectivity index (χ4n) is 1.82. The molecule has 1 N–H and O–H groups in total. The van der Waals surface area contributed by atoms with Crippen LogP contribution in [0.4, 0.5) is 18.9 Å². The van der Waals surface area contributed by atoms with Gasteiger partial charge in [0.05, 0.1) is 10.5 Å². The highest BCUT2D eigenvalue weighted by Crippen LogP contribution is 2.17. The van der Waals surface area contributed by atoms with Crippen LogP contribution in [0.3, 0.4) is 0 Å². The van der Waals surface area contributed by atoms with Crippen LogP contribution in [0.5, 0.6) is 5.88 Å². The second kappa shape index (κ2) is 7.60. The van der Waals surface area contributed by atoms with Crippen molar-refractivity contribution in [2.75, 3.05) is 6.61 Å². The predicted molar refractivity (Wildman–Crippen MR) is 80.1 cm³/mol. The van der Waals surface area contributed by atoms with E-state index in [0.717, 1.165) is 12.3 Å². The molecule has 10 heteroatoms. The van der Waals surface area contributed by atoms with Crippen LogP contribution in [-0.4, -0.2) is 28.6 Å². The number of alkyl halides is 3. The molecule has 1 aromatic heterocycles. The van der Waals surface area contributed by atoms with Crippen molar-refractivity contribution in [1.82, 2.24) is 10.3 Å². The lowest BCUT2D eigenvalue weighted by Gasteiger charge is -2.09. The number of nitro groups is 1. The summed E-state index contributed by atoms with van der Waals surface area (Å²) in [6.07, 6.45) is -3.40. The Morgan fingerprint density at radius 3 is 2.64 bits per heavy atom. The summed E-state index contributed by atoms with van der Waals surface area (Å²) in [4.78, 5) is 25.7. The Labute approximate surface area is 139 Å². The van der Waals surface area contributed by atoms with Gasteiger partial charge in [0.1, 0.15) is 0 Å². The van der Waals surface area contributed by atoms with Crippen molar-refractivity contribution in [3.8, 4) is 5.88 Å². The van der Waals surface area contributed by atoms with Crippen LogP contribution in [0, 0.1) is 10.1 Å². The number of pyridine rings is 1. The Hall–Kier alpha value is -3.17. The smallest absolute Gasteiger partial charge is 0.422 e. The van der Waals surface area contributed by atoms with E-state index in [0.29, 0.717) is 5.56 Å². The van der Waals surface area contributed by atoms with E-state index in [-0.39, 0.29) is 23.7 Å². The second-order valence-corrected chi connectivity index (χ2v) is 4.90. The first-order valence-electron chi connectivity index (χ1n) is 6.92. The number of nitro benzene ring substituents is 1. The predicted octanol–water partition coefficient (Wildman–Crippen LogP) is 2.86. The van der Waals surface area contributed by atoms with Crippen LogP contribution >= 0.6 is 0 Å². The van der Waals surface area contributed by atoms with Crippen molar-refractivity contribution in [1.29, 1.82) is 0 Å². The SMILES string of the molecule is O=C(NCc1cccc([N+](=O)[O-])c1)c1ccc(OCC(F)(F)F)nc1. The van der Waals surface area contributed by atoms with Crippen LogP contribution in [-0.2, 0) is 6.54 Å². The van der Waals surface area contributed by atoms with Crippen molar-refractivity contribution in [2.45, 2.75) is 12.7 Å². The van der Waals surface area contributed by atoms with E-state index < -0.39 is 23.6 Å². The molecule has 0 aliphatic carbocycles. The molecule has 0 bridgehead atoms. The van der Waals surface area contributed by atoms with Gasteiger partial charge in [0.2, 0.25) is 5.88 Å². The third-order valence-electron chi connectivity index (χ3n) is 2.96. The standard InChI is InChI=1S/C15H12F3N3O4/c16-15(17,18)9-25-13-5-4-11(8-19-13)14(22)20-7-10-2-1-3-12(6-10)21(23)24/h1-6,8H,7,9H2,(H,20,22). The van der Waals surface area contributed by atoms with Gasteiger partial charge in [-0.1, -0.05) is 12.1 Å². The number of benzene rings is 1. The quantitative estimate of drug-likeness (QED) is 0.635. The van der Waals surface area contributed by atoms with Crippen molar-refractivity contribution in [3.63, 3.8) is 0 Å². The van der Waals surface area contributed by atoms with Crippen molar-refractivity contribution in [2.24, 2.45) is 0 Å². The maximum absolute atomic E-state index is 12.0. The Bertz CT molecular complexity index is 763. The number of nitrogens with zero attached hydrogens (tertiary/aromatic N) is 2. The number of ether oxygens (including phenoxy) is 1. The molecule has 0 radical (unpaired) electrons. The topological polar surface area (TPSA) is 94.4 Å². The highest BCUT2D eigenvalue weighted by atomic mass is 19.4. The summed E-state index contributed by atoms with van der Waals surface area (Å²) in [6, 6.07) is 8.17. The number of carbonyl (C=O) groups excluding carboxylic acids is 1. The molecular weight excluding hydrogens is 343 g/mol. The molecule has 0 saturated heterocycles. The van der Waals surface area contributed by atoms with Gasteiger partial charge in [-0.05, 0) is 11.6 Å². The monoisotopic (exact) mass is 355 g/mol. The number of rotatable bonds is 6. The van der Waals surface area contributed by atoms with E-state index in [1.165, 1.54) is 24.3 Å². The molecule has 7 nitrogen and oxygen atoms in total. The van der Waals surface area contributed by atoms with Gasteiger partial charge in [-0.3, -0.25) is 14.9 Å². The van der Waals surface area contributed by atoms with Gasteiger partial charge in [-0.2, -0.15) is 13.2 Å². The van der Waals surface area contributed by atoms with E-state index in [2.05, 4.69) is 15.0 Å². The first-order valence-corrected chi connectivity index (χ1v) is 6.92. The minimum Gasteiger partial charge on any atom is -0.468 e. The van der Waals surface area contributed by atoms with E-state index in [1.807, 2.05) is 0 Å². The summed E-state index contributed by atoms with van der Waals surface area (Å²) in [5, 5.41) is 13.2. The van der Waals surface area contributed by atoms with Crippen LogP contribution in [0.2, 0.25) is 0 Å². The van der Waals surface area contributed by atoms with Crippen LogP contribution < -0.4 is 10.1 Å². The number of non-ortho nitro benzene ring substituents is 1. The minimum absolute atomic E-state index is 0.0485. The number of hydrogen-bond donors (Lipinski definition) is 1. The van der Waals surface area contributed by atoms with Crippen LogP contribution in [0.25, 0.3) is 0 Å². The Balaban J connectivity index is 1.92. The number of hydrogen-bond acceptors (Lipinski definition) is 5. The van der Waals surface area contributed by atoms with Gasteiger partial charge in [0, 0.05) is 30.9 Å². The number of halogens is 3. The van der Waals surface area contributed by atoms with E-state index in [9.17, 15) is 28.1 Å². The summed E-state index contributed by atoms with van der Waals surface area (Å²) in [6.45, 7) is -1.43. The van der Waals surface area contributed by atoms with Gasteiger partial charge in [-0.25, -0.2) is 4.98 Å². The van der Waals surface area contributed by atoms with Gasteiger partial charge in [0.15, 0.2) is 6.61 Å². The van der Waals surface area contributed by atoms with E-state index in [4.69, 9.17) is 0 Å². The summed E-state index contributed by atoms with van der Waals surface area (Å²) in [7, 11) is 0.